The van der Waals surface area contributed by atoms with Crippen molar-refractivity contribution in [2.75, 3.05) is 30.6 Å². The van der Waals surface area contributed by atoms with E-state index in [1.807, 2.05) is 37.3 Å². The van der Waals surface area contributed by atoms with Crippen LogP contribution in [0.2, 0.25) is 0 Å². The summed E-state index contributed by atoms with van der Waals surface area (Å²) < 4.78 is 53.6. The summed E-state index contributed by atoms with van der Waals surface area (Å²) in [7, 11) is -4.33. The van der Waals surface area contributed by atoms with Gasteiger partial charge in [-0.1, -0.05) is 37.3 Å². The first-order valence-electron chi connectivity index (χ1n) is 13.0. The van der Waals surface area contributed by atoms with Crippen LogP contribution in [0.5, 0.6) is 11.5 Å². The van der Waals surface area contributed by atoms with Gasteiger partial charge in [0.2, 0.25) is 11.8 Å². The zero-order valence-electron chi connectivity index (χ0n) is 22.4. The molecule has 1 heterocycles. The predicted octanol–water partition coefficient (Wildman–Crippen LogP) is 3.74. The van der Waals surface area contributed by atoms with Crippen LogP contribution < -0.4 is 19.1 Å². The molecule has 0 aliphatic carbocycles. The lowest BCUT2D eigenvalue weighted by atomic mass is 10.1. The van der Waals surface area contributed by atoms with Crippen molar-refractivity contribution in [2.24, 2.45) is 0 Å². The lowest BCUT2D eigenvalue weighted by Gasteiger charge is -2.32. The zero-order chi connectivity index (χ0) is 28.7. The standard InChI is InChI=1S/C29H32FN3O6S/c1-3-15-31-29(35)21(2)32(19-22-7-5-4-6-8-22)28(34)20-33(24-11-9-23(30)10-12-24)40(36,37)25-13-14-26-27(18-25)39-17-16-38-26/h4-14,18,21H,3,15-17,19-20H2,1-2H3,(H,31,35)/t21-/m1/s1. The molecule has 11 heteroatoms. The average molecular weight is 570 g/mol. The van der Waals surface area contributed by atoms with E-state index in [-0.39, 0.29) is 35.4 Å². The lowest BCUT2D eigenvalue weighted by molar-refractivity contribution is -0.139. The number of anilines is 1. The molecule has 1 aliphatic rings. The SMILES string of the molecule is CCCNC(=O)[C@@H](C)N(Cc1ccccc1)C(=O)CN(c1ccc(F)cc1)S(=O)(=O)c1ccc2c(c1)OCCO2. The summed E-state index contributed by atoms with van der Waals surface area (Å²) in [4.78, 5) is 27.9. The van der Waals surface area contributed by atoms with Crippen LogP contribution in [-0.4, -0.2) is 57.5 Å². The number of rotatable bonds is 11. The third-order valence-corrected chi connectivity index (χ3v) is 8.18. The molecular formula is C29H32FN3O6S. The van der Waals surface area contributed by atoms with Gasteiger partial charge in [0.25, 0.3) is 10.0 Å². The molecule has 3 aromatic carbocycles. The van der Waals surface area contributed by atoms with Crippen LogP contribution in [0.4, 0.5) is 10.1 Å². The van der Waals surface area contributed by atoms with E-state index in [0.717, 1.165) is 28.4 Å². The minimum atomic E-state index is -4.33. The summed E-state index contributed by atoms with van der Waals surface area (Å²) in [5, 5.41) is 2.80. The first-order chi connectivity index (χ1) is 19.2. The smallest absolute Gasteiger partial charge is 0.264 e. The number of hydrogen-bond donors (Lipinski definition) is 1. The molecule has 40 heavy (non-hydrogen) atoms. The van der Waals surface area contributed by atoms with Crippen LogP contribution >= 0.6 is 0 Å². The van der Waals surface area contributed by atoms with Gasteiger partial charge < -0.3 is 19.7 Å². The van der Waals surface area contributed by atoms with Crippen LogP contribution in [-0.2, 0) is 26.2 Å². The van der Waals surface area contributed by atoms with Crippen LogP contribution in [0.1, 0.15) is 25.8 Å². The molecule has 0 aromatic heterocycles. The number of sulfonamides is 1. The minimum Gasteiger partial charge on any atom is -0.486 e. The number of benzene rings is 3. The highest BCUT2D eigenvalue weighted by molar-refractivity contribution is 7.92. The van der Waals surface area contributed by atoms with Crippen molar-refractivity contribution >= 4 is 27.5 Å². The van der Waals surface area contributed by atoms with E-state index in [2.05, 4.69) is 5.32 Å². The molecule has 0 radical (unpaired) electrons. The van der Waals surface area contributed by atoms with Gasteiger partial charge in [-0.05, 0) is 55.3 Å². The molecule has 0 fully saturated rings. The summed E-state index contributed by atoms with van der Waals surface area (Å²) >= 11 is 0. The van der Waals surface area contributed by atoms with E-state index >= 15 is 0 Å². The fraction of sp³-hybridized carbons (Fsp3) is 0.310. The fourth-order valence-electron chi connectivity index (χ4n) is 4.21. The molecule has 9 nitrogen and oxygen atoms in total. The number of amides is 2. The maximum Gasteiger partial charge on any atom is 0.264 e. The summed E-state index contributed by atoms with van der Waals surface area (Å²) in [6.07, 6.45) is 0.719. The predicted molar refractivity (Wildman–Crippen MR) is 148 cm³/mol. The fourth-order valence-corrected chi connectivity index (χ4v) is 5.64. The Labute approximate surface area is 233 Å². The molecule has 0 spiro atoms. The van der Waals surface area contributed by atoms with Crippen molar-refractivity contribution < 1.29 is 31.9 Å². The topological polar surface area (TPSA) is 105 Å². The van der Waals surface area contributed by atoms with E-state index in [4.69, 9.17) is 9.47 Å². The average Bonchev–Trinajstić information content (AvgIpc) is 2.97. The van der Waals surface area contributed by atoms with Crippen molar-refractivity contribution in [2.45, 2.75) is 37.8 Å². The molecule has 0 unspecified atom stereocenters. The summed E-state index contributed by atoms with van der Waals surface area (Å²) in [5.41, 5.74) is 0.862. The van der Waals surface area contributed by atoms with Crippen molar-refractivity contribution in [1.82, 2.24) is 10.2 Å². The Balaban J connectivity index is 1.70. The molecule has 2 amide bonds. The van der Waals surface area contributed by atoms with Crippen LogP contribution in [0.15, 0.2) is 77.7 Å². The Morgan fingerprint density at radius 3 is 2.33 bits per heavy atom. The van der Waals surface area contributed by atoms with Crippen molar-refractivity contribution in [1.29, 1.82) is 0 Å². The van der Waals surface area contributed by atoms with Crippen LogP contribution in [0.3, 0.4) is 0 Å². The highest BCUT2D eigenvalue weighted by atomic mass is 32.2. The Hall–Kier alpha value is -4.12. The molecular weight excluding hydrogens is 537 g/mol. The van der Waals surface area contributed by atoms with Gasteiger partial charge in [0.05, 0.1) is 10.6 Å². The largest absolute Gasteiger partial charge is 0.486 e. The lowest BCUT2D eigenvalue weighted by Crippen LogP contribution is -2.51. The number of halogens is 1. The number of nitrogens with one attached hydrogen (secondary N) is 1. The molecule has 0 saturated heterocycles. The third-order valence-electron chi connectivity index (χ3n) is 6.41. The highest BCUT2D eigenvalue weighted by Gasteiger charge is 2.33. The molecule has 0 bridgehead atoms. The van der Waals surface area contributed by atoms with Gasteiger partial charge in [0.15, 0.2) is 11.5 Å². The number of carbonyl (C=O) groups excluding carboxylic acids is 2. The zero-order valence-corrected chi connectivity index (χ0v) is 23.2. The van der Waals surface area contributed by atoms with E-state index in [1.165, 1.54) is 35.2 Å². The number of fused-ring (bicyclic) bond motifs is 1. The molecule has 3 aromatic rings. The van der Waals surface area contributed by atoms with Crippen LogP contribution in [0.25, 0.3) is 0 Å². The van der Waals surface area contributed by atoms with E-state index < -0.39 is 34.3 Å². The van der Waals surface area contributed by atoms with Gasteiger partial charge in [-0.3, -0.25) is 13.9 Å². The molecule has 4 rings (SSSR count). The van der Waals surface area contributed by atoms with E-state index in [0.29, 0.717) is 18.9 Å². The number of ether oxygens (including phenoxy) is 2. The second-order valence-corrected chi connectivity index (χ2v) is 11.1. The third kappa shape index (κ3) is 6.71. The van der Waals surface area contributed by atoms with E-state index in [1.54, 1.807) is 6.92 Å². The highest BCUT2D eigenvalue weighted by Crippen LogP contribution is 2.34. The number of nitrogens with zero attached hydrogens (tertiary/aromatic N) is 2. The van der Waals surface area contributed by atoms with Crippen molar-refractivity contribution in [3.8, 4) is 11.5 Å². The van der Waals surface area contributed by atoms with Gasteiger partial charge >= 0.3 is 0 Å². The monoisotopic (exact) mass is 569 g/mol. The van der Waals surface area contributed by atoms with Crippen molar-refractivity contribution in [3.63, 3.8) is 0 Å². The summed E-state index contributed by atoms with van der Waals surface area (Å²) in [6, 6.07) is 17.2. The van der Waals surface area contributed by atoms with Crippen molar-refractivity contribution in [3.05, 3.63) is 84.2 Å². The van der Waals surface area contributed by atoms with Crippen LogP contribution in [0, 0.1) is 5.82 Å². The maximum atomic E-state index is 14.0. The molecule has 0 saturated carbocycles. The first-order valence-corrected chi connectivity index (χ1v) is 14.4. The Morgan fingerprint density at radius 1 is 0.975 bits per heavy atom. The molecule has 1 aliphatic heterocycles. The van der Waals surface area contributed by atoms with Gasteiger partial charge in [-0.15, -0.1) is 0 Å². The van der Waals surface area contributed by atoms with Gasteiger partial charge in [-0.2, -0.15) is 0 Å². The summed E-state index contributed by atoms with van der Waals surface area (Å²) in [6.45, 7) is 4.03. The Morgan fingerprint density at radius 2 is 1.65 bits per heavy atom. The normalized spacial score (nSPS) is 13.3. The Kier molecular flexibility index (Phi) is 9.26. The second-order valence-electron chi connectivity index (χ2n) is 9.27. The second kappa shape index (κ2) is 12.8. The van der Waals surface area contributed by atoms with Gasteiger partial charge in [0, 0.05) is 19.2 Å². The Bertz CT molecular complexity index is 1430. The quantitative estimate of drug-likeness (QED) is 0.377. The van der Waals surface area contributed by atoms with Gasteiger partial charge in [0.1, 0.15) is 31.6 Å². The number of hydrogen-bond acceptors (Lipinski definition) is 6. The summed E-state index contributed by atoms with van der Waals surface area (Å²) in [5.74, 6) is -0.832. The molecule has 1 atom stereocenters. The maximum absolute atomic E-state index is 14.0. The first kappa shape index (κ1) is 28.9. The molecule has 1 N–H and O–H groups in total. The van der Waals surface area contributed by atoms with Gasteiger partial charge in [-0.25, -0.2) is 12.8 Å². The van der Waals surface area contributed by atoms with E-state index in [9.17, 15) is 22.4 Å². The molecule has 212 valence electrons. The number of carbonyl (C=O) groups is 2. The minimum absolute atomic E-state index is 0.0850.